The summed E-state index contributed by atoms with van der Waals surface area (Å²) in [5.74, 6) is 3.75. The van der Waals surface area contributed by atoms with E-state index in [0.29, 0.717) is 23.2 Å². The molecule has 0 amide bonds. The third-order valence-electron chi connectivity index (χ3n) is 9.58. The molecular formula is C42H48O6. The highest BCUT2D eigenvalue weighted by Gasteiger charge is 2.31. The van der Waals surface area contributed by atoms with Crippen molar-refractivity contribution in [1.29, 1.82) is 0 Å². The zero-order valence-corrected chi connectivity index (χ0v) is 28.1. The molecule has 2 aliphatic carbocycles. The molecule has 3 aromatic carbocycles. The minimum absolute atomic E-state index is 0.396. The highest BCUT2D eigenvalue weighted by atomic mass is 16.5. The van der Waals surface area contributed by atoms with Crippen LogP contribution < -0.4 is 14.2 Å². The fraction of sp³-hybridized carbons (Fsp3) is 0.357. The Kier molecular flexibility index (Phi) is 14.0. The molecule has 6 nitrogen and oxygen atoms in total. The fourth-order valence-corrected chi connectivity index (χ4v) is 6.99. The Morgan fingerprint density at radius 3 is 1.27 bits per heavy atom. The van der Waals surface area contributed by atoms with Crippen LogP contribution in [-0.4, -0.2) is 17.9 Å². The summed E-state index contributed by atoms with van der Waals surface area (Å²) < 4.78 is 15.2. The second kappa shape index (κ2) is 18.6. The lowest BCUT2D eigenvalue weighted by Gasteiger charge is -2.38. The average molecular weight is 649 g/mol. The summed E-state index contributed by atoms with van der Waals surface area (Å²) in [6.45, 7) is 12.4. The average Bonchev–Trinajstić information content (AvgIpc) is 3.13. The molecular weight excluding hydrogens is 600 g/mol. The van der Waals surface area contributed by atoms with Gasteiger partial charge in [0.15, 0.2) is 0 Å². The van der Waals surface area contributed by atoms with Gasteiger partial charge in [0.2, 0.25) is 0 Å². The number of rotatable bonds is 11. The van der Waals surface area contributed by atoms with Crippen LogP contribution in [0.3, 0.4) is 0 Å². The zero-order chi connectivity index (χ0) is 34.3. The predicted molar refractivity (Wildman–Crippen MR) is 191 cm³/mol. The highest BCUT2D eigenvalue weighted by molar-refractivity contribution is 5.84. The van der Waals surface area contributed by atoms with Gasteiger partial charge in [0, 0.05) is 18.2 Å². The lowest BCUT2D eigenvalue weighted by atomic mass is 9.68. The van der Waals surface area contributed by atoms with Gasteiger partial charge < -0.3 is 14.2 Å². The molecule has 0 aliphatic heterocycles. The number of ether oxygens (including phenoxy) is 3. The Hall–Kier alpha value is -4.71. The third-order valence-corrected chi connectivity index (χ3v) is 9.58. The van der Waals surface area contributed by atoms with Gasteiger partial charge in [-0.1, -0.05) is 88.7 Å². The summed E-state index contributed by atoms with van der Waals surface area (Å²) in [5.41, 5.74) is 3.29. The van der Waals surface area contributed by atoms with Gasteiger partial charge in [-0.15, -0.1) is 0 Å². The summed E-state index contributed by atoms with van der Waals surface area (Å²) in [6.07, 6.45) is 17.5. The SMILES string of the molecule is C=CC(=O)Oc1ccc(-c2ccc(OC(=O)C=C)cc2)cc1.C=CC(=O)Oc1ccc(C2CCC(C3CCC(CCC)CC3)CC2)cc1. The maximum atomic E-state index is 11.3. The van der Waals surface area contributed by atoms with Crippen molar-refractivity contribution < 1.29 is 28.6 Å². The molecule has 0 spiro atoms. The van der Waals surface area contributed by atoms with Crippen molar-refractivity contribution in [3.8, 4) is 28.4 Å². The number of carbonyl (C=O) groups excluding carboxylic acids is 3. The molecule has 2 saturated carbocycles. The van der Waals surface area contributed by atoms with E-state index in [4.69, 9.17) is 14.2 Å². The van der Waals surface area contributed by atoms with Gasteiger partial charge >= 0.3 is 17.9 Å². The van der Waals surface area contributed by atoms with Crippen LogP contribution in [-0.2, 0) is 14.4 Å². The van der Waals surface area contributed by atoms with E-state index in [1.807, 2.05) is 36.4 Å². The van der Waals surface area contributed by atoms with Crippen molar-refractivity contribution in [2.45, 2.75) is 77.0 Å². The normalized spacial score (nSPS) is 20.2. The van der Waals surface area contributed by atoms with Gasteiger partial charge in [0.25, 0.3) is 0 Å². The summed E-state index contributed by atoms with van der Waals surface area (Å²) in [6, 6.07) is 22.2. The van der Waals surface area contributed by atoms with Crippen LogP contribution >= 0.6 is 0 Å². The van der Waals surface area contributed by atoms with Crippen LogP contribution in [0.1, 0.15) is 82.6 Å². The van der Waals surface area contributed by atoms with E-state index in [2.05, 4.69) is 38.8 Å². The van der Waals surface area contributed by atoms with Crippen LogP contribution in [0.15, 0.2) is 111 Å². The standard InChI is InChI=1S/C24H34O2.C18H14O4/c1-3-5-18-6-8-19(9-7-18)20-10-12-21(13-11-20)22-14-16-23(17-15-22)26-24(25)4-2;1-3-17(19)21-15-9-5-13(6-10-15)14-7-11-16(12-8-14)22-18(20)4-2/h4,14-21H,2-3,5-13H2,1H3;3-12H,1-2H2. The molecule has 0 saturated heterocycles. The Morgan fingerprint density at radius 2 is 0.917 bits per heavy atom. The first kappa shape index (κ1) is 36.1. The van der Waals surface area contributed by atoms with Crippen LogP contribution in [0.2, 0.25) is 0 Å². The van der Waals surface area contributed by atoms with Crippen molar-refractivity contribution in [3.63, 3.8) is 0 Å². The molecule has 5 rings (SSSR count). The van der Waals surface area contributed by atoms with Crippen molar-refractivity contribution in [2.24, 2.45) is 17.8 Å². The molecule has 0 N–H and O–H groups in total. The Labute approximate surface area is 285 Å². The van der Waals surface area contributed by atoms with E-state index in [1.165, 1.54) is 75.8 Å². The van der Waals surface area contributed by atoms with Crippen molar-refractivity contribution in [2.75, 3.05) is 0 Å². The van der Waals surface area contributed by atoms with Gasteiger partial charge in [-0.2, -0.15) is 0 Å². The maximum Gasteiger partial charge on any atom is 0.335 e. The van der Waals surface area contributed by atoms with E-state index in [-0.39, 0.29) is 0 Å². The quantitative estimate of drug-likeness (QED) is 0.117. The topological polar surface area (TPSA) is 78.9 Å². The van der Waals surface area contributed by atoms with E-state index in [1.54, 1.807) is 24.3 Å². The molecule has 252 valence electrons. The first-order valence-corrected chi connectivity index (χ1v) is 17.1. The smallest absolute Gasteiger partial charge is 0.335 e. The second-order valence-corrected chi connectivity index (χ2v) is 12.7. The Bertz CT molecular complexity index is 1440. The number of esters is 3. The molecule has 0 unspecified atom stereocenters. The summed E-state index contributed by atoms with van der Waals surface area (Å²) in [4.78, 5) is 33.5. The first-order valence-electron chi connectivity index (χ1n) is 17.1. The first-order chi connectivity index (χ1) is 23.3. The van der Waals surface area contributed by atoms with E-state index >= 15 is 0 Å². The lowest BCUT2D eigenvalue weighted by molar-refractivity contribution is -0.129. The minimum Gasteiger partial charge on any atom is -0.423 e. The van der Waals surface area contributed by atoms with E-state index in [0.717, 1.165) is 41.0 Å². The van der Waals surface area contributed by atoms with Gasteiger partial charge in [0.05, 0.1) is 0 Å². The van der Waals surface area contributed by atoms with E-state index < -0.39 is 17.9 Å². The molecule has 2 aliphatic rings. The van der Waals surface area contributed by atoms with E-state index in [9.17, 15) is 14.4 Å². The molecule has 0 atom stereocenters. The largest absolute Gasteiger partial charge is 0.423 e. The third kappa shape index (κ3) is 10.9. The fourth-order valence-electron chi connectivity index (χ4n) is 6.99. The molecule has 6 heteroatoms. The Morgan fingerprint density at radius 1 is 0.562 bits per heavy atom. The zero-order valence-electron chi connectivity index (χ0n) is 28.1. The van der Waals surface area contributed by atoms with Crippen LogP contribution in [0.4, 0.5) is 0 Å². The van der Waals surface area contributed by atoms with Crippen molar-refractivity contribution in [1.82, 2.24) is 0 Å². The molecule has 2 fully saturated rings. The van der Waals surface area contributed by atoms with Crippen molar-refractivity contribution in [3.05, 3.63) is 116 Å². The molecule has 0 radical (unpaired) electrons. The molecule has 3 aromatic rings. The van der Waals surface area contributed by atoms with Crippen LogP contribution in [0, 0.1) is 17.8 Å². The van der Waals surface area contributed by atoms with Crippen LogP contribution in [0.25, 0.3) is 11.1 Å². The molecule has 48 heavy (non-hydrogen) atoms. The van der Waals surface area contributed by atoms with Gasteiger partial charge in [0.1, 0.15) is 17.2 Å². The van der Waals surface area contributed by atoms with Gasteiger partial charge in [-0.05, 0) is 115 Å². The monoisotopic (exact) mass is 648 g/mol. The summed E-state index contributed by atoms with van der Waals surface area (Å²) >= 11 is 0. The number of hydrogen-bond donors (Lipinski definition) is 0. The highest BCUT2D eigenvalue weighted by Crippen LogP contribution is 2.44. The van der Waals surface area contributed by atoms with Crippen molar-refractivity contribution >= 4 is 17.9 Å². The van der Waals surface area contributed by atoms with Crippen LogP contribution in [0.5, 0.6) is 17.2 Å². The molecule has 0 bridgehead atoms. The number of hydrogen-bond acceptors (Lipinski definition) is 6. The van der Waals surface area contributed by atoms with Gasteiger partial charge in [-0.25, -0.2) is 14.4 Å². The summed E-state index contributed by atoms with van der Waals surface area (Å²) in [7, 11) is 0. The second-order valence-electron chi connectivity index (χ2n) is 12.7. The predicted octanol–water partition coefficient (Wildman–Crippen LogP) is 10.2. The molecule has 0 aromatic heterocycles. The van der Waals surface area contributed by atoms with Gasteiger partial charge in [-0.3, -0.25) is 0 Å². The number of carbonyl (C=O) groups is 3. The maximum absolute atomic E-state index is 11.3. The molecule has 0 heterocycles. The summed E-state index contributed by atoms with van der Waals surface area (Å²) in [5, 5.41) is 0. The Balaban J connectivity index is 0.000000220. The number of benzene rings is 3. The minimum atomic E-state index is -0.499. The lowest BCUT2D eigenvalue weighted by Crippen LogP contribution is -2.25.